The monoisotopic (exact) mass is 291 g/mol. The van der Waals surface area contributed by atoms with E-state index in [0.29, 0.717) is 5.75 Å². The van der Waals surface area contributed by atoms with E-state index in [-0.39, 0.29) is 5.91 Å². The molecule has 2 nitrogen and oxygen atoms in total. The van der Waals surface area contributed by atoms with Gasteiger partial charge < -0.3 is 5.32 Å². The fourth-order valence-corrected chi connectivity index (χ4v) is 2.72. The van der Waals surface area contributed by atoms with Gasteiger partial charge in [-0.15, -0.1) is 11.8 Å². The summed E-state index contributed by atoms with van der Waals surface area (Å²) in [6, 6.07) is 6.03. The summed E-state index contributed by atoms with van der Waals surface area (Å²) >= 11 is 3.82. The summed E-state index contributed by atoms with van der Waals surface area (Å²) in [7, 11) is 0. The molecule has 1 amide bonds. The van der Waals surface area contributed by atoms with Crippen LogP contribution < -0.4 is 5.32 Å². The predicted molar refractivity (Wildman–Crippen MR) is 58.5 cm³/mol. The van der Waals surface area contributed by atoms with Gasteiger partial charge in [0.2, 0.25) is 5.91 Å². The lowest BCUT2D eigenvalue weighted by atomic mass is 10.3. The van der Waals surface area contributed by atoms with Gasteiger partial charge in [-0.05, 0) is 34.7 Å². The molecule has 0 saturated carbocycles. The van der Waals surface area contributed by atoms with E-state index >= 15 is 0 Å². The molecule has 1 heterocycles. The van der Waals surface area contributed by atoms with Crippen molar-refractivity contribution in [3.8, 4) is 0 Å². The molecule has 1 aliphatic rings. The van der Waals surface area contributed by atoms with Crippen molar-refractivity contribution in [2.75, 3.05) is 11.1 Å². The van der Waals surface area contributed by atoms with Crippen molar-refractivity contribution in [3.05, 3.63) is 21.8 Å². The van der Waals surface area contributed by atoms with Crippen molar-refractivity contribution in [2.24, 2.45) is 0 Å². The Morgan fingerprint density at radius 2 is 2.33 bits per heavy atom. The second-order valence-electron chi connectivity index (χ2n) is 2.45. The SMILES string of the molecule is O=C1CSc2cccc(I)c2N1. The van der Waals surface area contributed by atoms with Crippen LogP contribution in [-0.4, -0.2) is 11.7 Å². The minimum atomic E-state index is 0.0941. The standard InChI is InChI=1S/C8H6INOS/c9-5-2-1-3-6-8(5)10-7(11)4-12-6/h1-3H,4H2,(H,10,11). The van der Waals surface area contributed by atoms with E-state index in [1.54, 1.807) is 11.8 Å². The molecular formula is C8H6INOS. The highest BCUT2D eigenvalue weighted by molar-refractivity contribution is 14.1. The quantitative estimate of drug-likeness (QED) is 0.743. The fourth-order valence-electron chi connectivity index (χ4n) is 1.06. The number of thioether (sulfide) groups is 1. The van der Waals surface area contributed by atoms with Gasteiger partial charge in [0.1, 0.15) is 0 Å². The maximum atomic E-state index is 11.0. The van der Waals surface area contributed by atoms with Crippen molar-refractivity contribution in [1.29, 1.82) is 0 Å². The Morgan fingerprint density at radius 3 is 3.17 bits per heavy atom. The second kappa shape index (κ2) is 3.26. The van der Waals surface area contributed by atoms with Crippen molar-refractivity contribution in [2.45, 2.75) is 4.90 Å². The van der Waals surface area contributed by atoms with Crippen LogP contribution in [0, 0.1) is 3.57 Å². The first kappa shape index (κ1) is 8.37. The number of carbonyl (C=O) groups is 1. The third-order valence-electron chi connectivity index (χ3n) is 1.60. The molecule has 0 atom stereocenters. The number of nitrogens with one attached hydrogen (secondary N) is 1. The lowest BCUT2D eigenvalue weighted by molar-refractivity contribution is -0.113. The van der Waals surface area contributed by atoms with Crippen molar-refractivity contribution < 1.29 is 4.79 Å². The summed E-state index contributed by atoms with van der Waals surface area (Å²) in [4.78, 5) is 12.2. The Kier molecular flexibility index (Phi) is 2.27. The summed E-state index contributed by atoms with van der Waals surface area (Å²) < 4.78 is 1.10. The Balaban J connectivity index is 2.50. The first-order valence-electron chi connectivity index (χ1n) is 3.48. The molecule has 0 aromatic heterocycles. The summed E-state index contributed by atoms with van der Waals surface area (Å²) in [5.41, 5.74) is 0.972. The first-order chi connectivity index (χ1) is 5.77. The zero-order chi connectivity index (χ0) is 8.55. The number of carbonyl (C=O) groups excluding carboxylic acids is 1. The highest BCUT2D eigenvalue weighted by Crippen LogP contribution is 2.34. The fraction of sp³-hybridized carbons (Fsp3) is 0.125. The molecule has 0 aliphatic carbocycles. The van der Waals surface area contributed by atoms with Gasteiger partial charge in [-0.1, -0.05) is 6.07 Å². The topological polar surface area (TPSA) is 29.1 Å². The minimum Gasteiger partial charge on any atom is -0.323 e. The van der Waals surface area contributed by atoms with Crippen LogP contribution in [-0.2, 0) is 4.79 Å². The lowest BCUT2D eigenvalue weighted by Crippen LogP contribution is -2.19. The number of anilines is 1. The number of benzene rings is 1. The van der Waals surface area contributed by atoms with Gasteiger partial charge in [-0.25, -0.2) is 0 Å². The van der Waals surface area contributed by atoms with Gasteiger partial charge in [0.05, 0.1) is 11.4 Å². The van der Waals surface area contributed by atoms with Gasteiger partial charge >= 0.3 is 0 Å². The van der Waals surface area contributed by atoms with Crippen molar-refractivity contribution in [1.82, 2.24) is 0 Å². The first-order valence-corrected chi connectivity index (χ1v) is 5.55. The average Bonchev–Trinajstić information content (AvgIpc) is 2.07. The van der Waals surface area contributed by atoms with E-state index in [4.69, 9.17) is 0 Å². The van der Waals surface area contributed by atoms with Gasteiger partial charge in [-0.3, -0.25) is 4.79 Å². The Bertz CT molecular complexity index is 340. The Morgan fingerprint density at radius 1 is 1.50 bits per heavy atom. The van der Waals surface area contributed by atoms with E-state index < -0.39 is 0 Å². The molecule has 0 fully saturated rings. The van der Waals surface area contributed by atoms with E-state index in [2.05, 4.69) is 27.9 Å². The van der Waals surface area contributed by atoms with Gasteiger partial charge in [0, 0.05) is 8.47 Å². The number of hydrogen-bond donors (Lipinski definition) is 1. The smallest absolute Gasteiger partial charge is 0.234 e. The number of halogens is 1. The number of amides is 1. The maximum Gasteiger partial charge on any atom is 0.234 e. The average molecular weight is 291 g/mol. The lowest BCUT2D eigenvalue weighted by Gasteiger charge is -2.16. The van der Waals surface area contributed by atoms with Gasteiger partial charge in [0.25, 0.3) is 0 Å². The molecule has 0 radical (unpaired) electrons. The number of para-hydroxylation sites is 1. The summed E-state index contributed by atoms with van der Waals surface area (Å²) in [6.45, 7) is 0. The van der Waals surface area contributed by atoms with Gasteiger partial charge in [0.15, 0.2) is 0 Å². The van der Waals surface area contributed by atoms with Crippen LogP contribution in [0.15, 0.2) is 23.1 Å². The second-order valence-corrected chi connectivity index (χ2v) is 4.63. The molecule has 12 heavy (non-hydrogen) atoms. The maximum absolute atomic E-state index is 11.0. The highest BCUT2D eigenvalue weighted by Gasteiger charge is 2.16. The van der Waals surface area contributed by atoms with E-state index in [0.717, 1.165) is 9.26 Å². The van der Waals surface area contributed by atoms with Crippen LogP contribution in [0.5, 0.6) is 0 Å². The van der Waals surface area contributed by atoms with Crippen LogP contribution >= 0.6 is 34.4 Å². The number of hydrogen-bond acceptors (Lipinski definition) is 2. The zero-order valence-electron chi connectivity index (χ0n) is 6.13. The largest absolute Gasteiger partial charge is 0.323 e. The predicted octanol–water partition coefficient (Wildman–Crippen LogP) is 2.34. The Hall–Kier alpha value is -0.230. The molecule has 0 bridgehead atoms. The number of fused-ring (bicyclic) bond motifs is 1. The molecule has 62 valence electrons. The van der Waals surface area contributed by atoms with Crippen LogP contribution in [0.3, 0.4) is 0 Å². The minimum absolute atomic E-state index is 0.0941. The van der Waals surface area contributed by atoms with Crippen molar-refractivity contribution in [3.63, 3.8) is 0 Å². The molecule has 1 aromatic carbocycles. The zero-order valence-corrected chi connectivity index (χ0v) is 9.11. The molecule has 0 saturated heterocycles. The summed E-state index contributed by atoms with van der Waals surface area (Å²) in [6.07, 6.45) is 0. The normalized spacial score (nSPS) is 15.2. The molecule has 1 aromatic rings. The van der Waals surface area contributed by atoms with Crippen LogP contribution in [0.1, 0.15) is 0 Å². The molecular weight excluding hydrogens is 285 g/mol. The Labute approximate surface area is 88.3 Å². The molecule has 4 heteroatoms. The highest BCUT2D eigenvalue weighted by atomic mass is 127. The molecule has 0 unspecified atom stereocenters. The third-order valence-corrected chi connectivity index (χ3v) is 3.56. The third kappa shape index (κ3) is 1.45. The molecule has 1 aliphatic heterocycles. The van der Waals surface area contributed by atoms with Crippen LogP contribution in [0.25, 0.3) is 0 Å². The van der Waals surface area contributed by atoms with E-state index in [9.17, 15) is 4.79 Å². The summed E-state index contributed by atoms with van der Waals surface area (Å²) in [5, 5.41) is 2.86. The van der Waals surface area contributed by atoms with Crippen molar-refractivity contribution >= 4 is 45.9 Å². The van der Waals surface area contributed by atoms with Crippen LogP contribution in [0.2, 0.25) is 0 Å². The van der Waals surface area contributed by atoms with E-state index in [1.165, 1.54) is 4.90 Å². The molecule has 0 spiro atoms. The number of rotatable bonds is 0. The molecule has 1 N–H and O–H groups in total. The van der Waals surface area contributed by atoms with E-state index in [1.807, 2.05) is 18.2 Å². The molecule has 2 rings (SSSR count). The van der Waals surface area contributed by atoms with Gasteiger partial charge in [-0.2, -0.15) is 0 Å². The summed E-state index contributed by atoms with van der Waals surface area (Å²) in [5.74, 6) is 0.629. The van der Waals surface area contributed by atoms with Crippen LogP contribution in [0.4, 0.5) is 5.69 Å².